The van der Waals surface area contributed by atoms with Gasteiger partial charge in [-0.15, -0.1) is 0 Å². The fraction of sp³-hybridized carbons (Fsp3) is 0.867. The van der Waals surface area contributed by atoms with Gasteiger partial charge in [-0.2, -0.15) is 0 Å². The molecule has 1 unspecified atom stereocenters. The molecule has 0 bridgehead atoms. The lowest BCUT2D eigenvalue weighted by Crippen LogP contribution is -2.43. The van der Waals surface area contributed by atoms with E-state index in [0.717, 1.165) is 25.7 Å². The minimum absolute atomic E-state index is 0.0192. The van der Waals surface area contributed by atoms with Crippen molar-refractivity contribution in [1.82, 2.24) is 4.90 Å². The van der Waals surface area contributed by atoms with Crippen molar-refractivity contribution in [2.45, 2.75) is 63.9 Å². The van der Waals surface area contributed by atoms with Gasteiger partial charge in [0.2, 0.25) is 11.8 Å². The largest absolute Gasteiger partial charge is 0.391 e. The molecule has 0 radical (unpaired) electrons. The van der Waals surface area contributed by atoms with E-state index in [4.69, 9.17) is 0 Å². The molecule has 4 heteroatoms. The van der Waals surface area contributed by atoms with Crippen LogP contribution in [0, 0.1) is 11.3 Å². The summed E-state index contributed by atoms with van der Waals surface area (Å²) in [5, 5.41) is 10.1. The Morgan fingerprint density at radius 1 is 1.21 bits per heavy atom. The van der Waals surface area contributed by atoms with Crippen LogP contribution in [0.3, 0.4) is 0 Å². The zero-order valence-corrected chi connectivity index (χ0v) is 11.4. The third-order valence-corrected chi connectivity index (χ3v) is 5.27. The molecule has 3 aliphatic rings. The number of carbonyl (C=O) groups is 2. The molecule has 1 atom stereocenters. The number of imide groups is 1. The van der Waals surface area contributed by atoms with E-state index in [1.165, 1.54) is 30.6 Å². The number of aliphatic hydroxyl groups is 1. The van der Waals surface area contributed by atoms with Crippen LogP contribution in [0.4, 0.5) is 0 Å². The Morgan fingerprint density at radius 3 is 2.42 bits per heavy atom. The van der Waals surface area contributed by atoms with Gasteiger partial charge < -0.3 is 5.11 Å². The molecule has 3 fully saturated rings. The van der Waals surface area contributed by atoms with Gasteiger partial charge in [-0.25, -0.2) is 0 Å². The molecule has 2 aliphatic carbocycles. The average Bonchev–Trinajstić information content (AvgIpc) is 2.89. The van der Waals surface area contributed by atoms with Crippen molar-refractivity contribution < 1.29 is 14.7 Å². The maximum atomic E-state index is 12.3. The molecular weight excluding hydrogens is 242 g/mol. The standard InChI is InChI=1S/C15H23NO3/c17-12(8-11-4-1-2-5-11)10-16-13(18)9-15(14(16)19)6-3-7-15/h11-12,17H,1-10H2. The highest BCUT2D eigenvalue weighted by atomic mass is 16.3. The monoisotopic (exact) mass is 265 g/mol. The Labute approximate surface area is 114 Å². The van der Waals surface area contributed by atoms with Crippen LogP contribution in [0.15, 0.2) is 0 Å². The second-order valence-corrected chi connectivity index (χ2v) is 6.66. The Kier molecular flexibility index (Phi) is 3.37. The number of β-amino-alcohol motifs (C(OH)–C–C–N with tert-alkyl or cyclic N) is 1. The highest BCUT2D eigenvalue weighted by Crippen LogP contribution is 2.49. The van der Waals surface area contributed by atoms with E-state index in [0.29, 0.717) is 12.3 Å². The molecule has 1 aliphatic heterocycles. The lowest BCUT2D eigenvalue weighted by Gasteiger charge is -2.35. The fourth-order valence-electron chi connectivity index (χ4n) is 3.96. The minimum atomic E-state index is -0.536. The summed E-state index contributed by atoms with van der Waals surface area (Å²) in [6.07, 6.45) is 8.21. The molecule has 0 aromatic heterocycles. The van der Waals surface area contributed by atoms with Gasteiger partial charge >= 0.3 is 0 Å². The third-order valence-electron chi connectivity index (χ3n) is 5.27. The van der Waals surface area contributed by atoms with Crippen molar-refractivity contribution >= 4 is 11.8 Å². The molecule has 1 heterocycles. The van der Waals surface area contributed by atoms with E-state index < -0.39 is 6.10 Å². The van der Waals surface area contributed by atoms with Crippen LogP contribution >= 0.6 is 0 Å². The van der Waals surface area contributed by atoms with E-state index in [1.807, 2.05) is 0 Å². The van der Waals surface area contributed by atoms with Crippen molar-refractivity contribution in [2.75, 3.05) is 6.54 Å². The zero-order chi connectivity index (χ0) is 13.5. The number of amides is 2. The maximum Gasteiger partial charge on any atom is 0.235 e. The van der Waals surface area contributed by atoms with Gasteiger partial charge in [-0.1, -0.05) is 32.1 Å². The number of rotatable bonds is 4. The quantitative estimate of drug-likeness (QED) is 0.789. The first kappa shape index (κ1) is 13.1. The number of aliphatic hydroxyl groups excluding tert-OH is 1. The molecule has 4 nitrogen and oxygen atoms in total. The SMILES string of the molecule is O=C1CC2(CCC2)C(=O)N1CC(O)CC1CCCC1. The highest BCUT2D eigenvalue weighted by Gasteiger charge is 2.54. The van der Waals surface area contributed by atoms with E-state index in [1.54, 1.807) is 0 Å². The highest BCUT2D eigenvalue weighted by molar-refractivity contribution is 6.06. The molecule has 0 aromatic rings. The zero-order valence-electron chi connectivity index (χ0n) is 11.4. The second-order valence-electron chi connectivity index (χ2n) is 6.66. The van der Waals surface area contributed by atoms with Crippen LogP contribution in [-0.4, -0.2) is 34.5 Å². The normalized spacial score (nSPS) is 28.2. The van der Waals surface area contributed by atoms with Gasteiger partial charge in [0.05, 0.1) is 18.1 Å². The topological polar surface area (TPSA) is 57.6 Å². The van der Waals surface area contributed by atoms with Crippen molar-refractivity contribution in [3.8, 4) is 0 Å². The summed E-state index contributed by atoms with van der Waals surface area (Å²) in [7, 11) is 0. The molecule has 106 valence electrons. The predicted octanol–water partition coefficient (Wildman–Crippen LogP) is 1.86. The van der Waals surface area contributed by atoms with Gasteiger partial charge in [0.25, 0.3) is 0 Å². The number of hydrogen-bond acceptors (Lipinski definition) is 3. The first-order valence-electron chi connectivity index (χ1n) is 7.64. The molecule has 2 saturated carbocycles. The molecule has 1 N–H and O–H groups in total. The smallest absolute Gasteiger partial charge is 0.235 e. The summed E-state index contributed by atoms with van der Waals surface area (Å²) >= 11 is 0. The van der Waals surface area contributed by atoms with Gasteiger partial charge in [0, 0.05) is 6.42 Å². The summed E-state index contributed by atoms with van der Waals surface area (Å²) < 4.78 is 0. The minimum Gasteiger partial charge on any atom is -0.391 e. The van der Waals surface area contributed by atoms with Crippen molar-refractivity contribution in [3.05, 3.63) is 0 Å². The molecule has 3 rings (SSSR count). The summed E-state index contributed by atoms with van der Waals surface area (Å²) in [4.78, 5) is 25.6. The van der Waals surface area contributed by atoms with Crippen LogP contribution < -0.4 is 0 Å². The van der Waals surface area contributed by atoms with Crippen molar-refractivity contribution in [2.24, 2.45) is 11.3 Å². The molecule has 1 saturated heterocycles. The van der Waals surface area contributed by atoms with E-state index in [9.17, 15) is 14.7 Å². The summed E-state index contributed by atoms with van der Waals surface area (Å²) in [5.41, 5.74) is -0.371. The Hall–Kier alpha value is -0.900. The van der Waals surface area contributed by atoms with Crippen LogP contribution in [0.25, 0.3) is 0 Å². The Balaban J connectivity index is 1.56. The molecular formula is C15H23NO3. The first-order valence-corrected chi connectivity index (χ1v) is 7.64. The van der Waals surface area contributed by atoms with Crippen LogP contribution in [-0.2, 0) is 9.59 Å². The predicted molar refractivity (Wildman–Crippen MR) is 70.2 cm³/mol. The Morgan fingerprint density at radius 2 is 1.89 bits per heavy atom. The number of likely N-dealkylation sites (tertiary alicyclic amines) is 1. The molecule has 1 spiro atoms. The van der Waals surface area contributed by atoms with Gasteiger partial charge in [0.1, 0.15) is 0 Å². The third kappa shape index (κ3) is 2.31. The van der Waals surface area contributed by atoms with Crippen LogP contribution in [0.5, 0.6) is 0 Å². The maximum absolute atomic E-state index is 12.3. The van der Waals surface area contributed by atoms with E-state index >= 15 is 0 Å². The second kappa shape index (κ2) is 4.89. The average molecular weight is 265 g/mol. The number of carbonyl (C=O) groups excluding carboxylic acids is 2. The van der Waals surface area contributed by atoms with E-state index in [2.05, 4.69) is 0 Å². The van der Waals surface area contributed by atoms with Crippen LogP contribution in [0.2, 0.25) is 0 Å². The van der Waals surface area contributed by atoms with Gasteiger partial charge in [-0.05, 0) is 25.2 Å². The molecule has 0 aromatic carbocycles. The van der Waals surface area contributed by atoms with E-state index in [-0.39, 0.29) is 23.8 Å². The Bertz CT molecular complexity index is 383. The molecule has 2 amide bonds. The van der Waals surface area contributed by atoms with Crippen molar-refractivity contribution in [1.29, 1.82) is 0 Å². The number of hydrogen-bond donors (Lipinski definition) is 1. The lowest BCUT2D eigenvalue weighted by molar-refractivity contribution is -0.145. The summed E-state index contributed by atoms with van der Waals surface area (Å²) in [5.74, 6) is 0.491. The van der Waals surface area contributed by atoms with Gasteiger partial charge in [0.15, 0.2) is 0 Å². The molecule has 19 heavy (non-hydrogen) atoms. The lowest BCUT2D eigenvalue weighted by atomic mass is 9.68. The fourth-order valence-corrected chi connectivity index (χ4v) is 3.96. The van der Waals surface area contributed by atoms with Gasteiger partial charge in [-0.3, -0.25) is 14.5 Å². The van der Waals surface area contributed by atoms with Crippen LogP contribution in [0.1, 0.15) is 57.8 Å². The summed E-state index contributed by atoms with van der Waals surface area (Å²) in [6, 6.07) is 0. The first-order chi connectivity index (χ1) is 9.11. The van der Waals surface area contributed by atoms with Crippen molar-refractivity contribution in [3.63, 3.8) is 0 Å². The summed E-state index contributed by atoms with van der Waals surface area (Å²) in [6.45, 7) is 0.218. The number of nitrogens with zero attached hydrogens (tertiary/aromatic N) is 1.